The van der Waals surface area contributed by atoms with Gasteiger partial charge < -0.3 is 5.11 Å². The van der Waals surface area contributed by atoms with Crippen LogP contribution in [0.25, 0.3) is 0 Å². The summed E-state index contributed by atoms with van der Waals surface area (Å²) in [5.41, 5.74) is 1.24. The van der Waals surface area contributed by atoms with E-state index < -0.39 is 5.60 Å². The van der Waals surface area contributed by atoms with Crippen molar-refractivity contribution in [2.24, 2.45) is 11.3 Å². The highest BCUT2D eigenvalue weighted by Gasteiger charge is 2.34. The Morgan fingerprint density at radius 3 is 2.53 bits per heavy atom. The predicted molar refractivity (Wildman–Crippen MR) is 65.8 cm³/mol. The van der Waals surface area contributed by atoms with Crippen LogP contribution in [0, 0.1) is 11.3 Å². The summed E-state index contributed by atoms with van der Waals surface area (Å²) in [5, 5.41) is 9.78. The van der Waals surface area contributed by atoms with Gasteiger partial charge in [-0.2, -0.15) is 0 Å². The van der Waals surface area contributed by atoms with Crippen LogP contribution in [0.1, 0.15) is 59.8 Å². The van der Waals surface area contributed by atoms with Crippen LogP contribution in [-0.4, -0.2) is 10.7 Å². The fourth-order valence-electron chi connectivity index (χ4n) is 2.76. The Labute approximate surface area is 94.6 Å². The van der Waals surface area contributed by atoms with E-state index in [1.165, 1.54) is 24.8 Å². The standard InChI is InChI=1S/C14H26O/c1-11-7-6-9-13(2,3)12(11)8-10-14(4,5)15/h12,15H,1,6-10H2,2-5H3. The van der Waals surface area contributed by atoms with E-state index in [0.29, 0.717) is 11.3 Å². The minimum absolute atomic E-state index is 0.376. The zero-order chi connectivity index (χ0) is 11.7. The maximum atomic E-state index is 9.78. The zero-order valence-electron chi connectivity index (χ0n) is 10.8. The number of aliphatic hydroxyl groups is 1. The summed E-state index contributed by atoms with van der Waals surface area (Å²) in [6, 6.07) is 0. The van der Waals surface area contributed by atoms with Gasteiger partial charge in [0.1, 0.15) is 0 Å². The molecule has 0 aromatic rings. The van der Waals surface area contributed by atoms with E-state index in [9.17, 15) is 5.11 Å². The molecule has 0 spiro atoms. The van der Waals surface area contributed by atoms with Crippen LogP contribution >= 0.6 is 0 Å². The van der Waals surface area contributed by atoms with Crippen LogP contribution in [0.3, 0.4) is 0 Å². The summed E-state index contributed by atoms with van der Waals surface area (Å²) in [6.45, 7) is 12.7. The fourth-order valence-corrected chi connectivity index (χ4v) is 2.76. The average molecular weight is 210 g/mol. The Morgan fingerprint density at radius 1 is 1.47 bits per heavy atom. The minimum Gasteiger partial charge on any atom is -0.390 e. The summed E-state index contributed by atoms with van der Waals surface area (Å²) in [5.74, 6) is 0.595. The maximum Gasteiger partial charge on any atom is 0.0592 e. The van der Waals surface area contributed by atoms with Crippen molar-refractivity contribution in [3.8, 4) is 0 Å². The third kappa shape index (κ3) is 3.64. The van der Waals surface area contributed by atoms with Crippen LogP contribution in [0.4, 0.5) is 0 Å². The Bertz CT molecular complexity index is 232. The molecule has 0 aromatic heterocycles. The van der Waals surface area contributed by atoms with Gasteiger partial charge >= 0.3 is 0 Å². The Kier molecular flexibility index (Phi) is 3.65. The first-order valence-corrected chi connectivity index (χ1v) is 6.12. The van der Waals surface area contributed by atoms with E-state index >= 15 is 0 Å². The Balaban J connectivity index is 2.60. The summed E-state index contributed by atoms with van der Waals surface area (Å²) in [6.07, 6.45) is 5.71. The van der Waals surface area contributed by atoms with Crippen molar-refractivity contribution in [3.05, 3.63) is 12.2 Å². The minimum atomic E-state index is -0.534. The molecule has 1 nitrogen and oxygen atoms in total. The second-order valence-corrected chi connectivity index (χ2v) is 6.40. The van der Waals surface area contributed by atoms with Crippen molar-refractivity contribution in [2.45, 2.75) is 65.4 Å². The molecule has 0 bridgehead atoms. The lowest BCUT2D eigenvalue weighted by Gasteiger charge is -2.41. The van der Waals surface area contributed by atoms with Crippen molar-refractivity contribution >= 4 is 0 Å². The number of hydrogen-bond donors (Lipinski definition) is 1. The van der Waals surface area contributed by atoms with Gasteiger partial charge in [-0.3, -0.25) is 0 Å². The quantitative estimate of drug-likeness (QED) is 0.700. The van der Waals surface area contributed by atoms with Crippen LogP contribution in [0.2, 0.25) is 0 Å². The summed E-state index contributed by atoms with van der Waals surface area (Å²) >= 11 is 0. The van der Waals surface area contributed by atoms with Gasteiger partial charge in [0.25, 0.3) is 0 Å². The molecular weight excluding hydrogens is 184 g/mol. The molecule has 88 valence electrons. The third-order valence-corrected chi connectivity index (χ3v) is 3.80. The molecule has 0 aliphatic heterocycles. The lowest BCUT2D eigenvalue weighted by atomic mass is 9.64. The second kappa shape index (κ2) is 4.29. The summed E-state index contributed by atoms with van der Waals surface area (Å²) in [4.78, 5) is 0. The zero-order valence-corrected chi connectivity index (χ0v) is 10.8. The van der Waals surface area contributed by atoms with Gasteiger partial charge in [-0.15, -0.1) is 0 Å². The first-order valence-electron chi connectivity index (χ1n) is 6.12. The van der Waals surface area contributed by atoms with Crippen molar-refractivity contribution in [1.29, 1.82) is 0 Å². The fraction of sp³-hybridized carbons (Fsp3) is 0.857. The van der Waals surface area contributed by atoms with Gasteiger partial charge in [0.2, 0.25) is 0 Å². The first-order chi connectivity index (χ1) is 6.72. The molecule has 0 aromatic carbocycles. The average Bonchev–Trinajstić information content (AvgIpc) is 1.99. The number of hydrogen-bond acceptors (Lipinski definition) is 1. The van der Waals surface area contributed by atoms with E-state index in [1.54, 1.807) is 0 Å². The molecule has 1 aliphatic rings. The molecule has 0 heterocycles. The molecule has 0 saturated heterocycles. The molecule has 0 radical (unpaired) electrons. The lowest BCUT2D eigenvalue weighted by molar-refractivity contribution is 0.0536. The third-order valence-electron chi connectivity index (χ3n) is 3.80. The molecular formula is C14H26O. The van der Waals surface area contributed by atoms with E-state index in [0.717, 1.165) is 12.8 Å². The Morgan fingerprint density at radius 2 is 2.07 bits per heavy atom. The number of allylic oxidation sites excluding steroid dienone is 1. The van der Waals surface area contributed by atoms with E-state index in [4.69, 9.17) is 0 Å². The van der Waals surface area contributed by atoms with Gasteiger partial charge in [0, 0.05) is 0 Å². The summed E-state index contributed by atoms with van der Waals surface area (Å²) in [7, 11) is 0. The SMILES string of the molecule is C=C1CCCC(C)(C)C1CCC(C)(C)O. The predicted octanol–water partition coefficient (Wildman–Crippen LogP) is 3.92. The van der Waals surface area contributed by atoms with Crippen LogP contribution in [0.15, 0.2) is 12.2 Å². The molecule has 1 fully saturated rings. The smallest absolute Gasteiger partial charge is 0.0592 e. The molecule has 1 saturated carbocycles. The summed E-state index contributed by atoms with van der Waals surface area (Å²) < 4.78 is 0. The molecule has 1 aliphatic carbocycles. The van der Waals surface area contributed by atoms with Gasteiger partial charge in [-0.1, -0.05) is 26.0 Å². The normalized spacial score (nSPS) is 26.7. The van der Waals surface area contributed by atoms with Gasteiger partial charge in [-0.25, -0.2) is 0 Å². The molecule has 1 atom stereocenters. The van der Waals surface area contributed by atoms with Crippen molar-refractivity contribution < 1.29 is 5.11 Å². The Hall–Kier alpha value is -0.300. The highest BCUT2D eigenvalue weighted by molar-refractivity contribution is 5.09. The van der Waals surface area contributed by atoms with E-state index in [1.807, 2.05) is 13.8 Å². The molecule has 1 heteroatoms. The molecule has 15 heavy (non-hydrogen) atoms. The number of rotatable bonds is 3. The van der Waals surface area contributed by atoms with Gasteiger partial charge in [0.15, 0.2) is 0 Å². The second-order valence-electron chi connectivity index (χ2n) is 6.40. The molecule has 1 unspecified atom stereocenters. The van der Waals surface area contributed by atoms with E-state index in [-0.39, 0.29) is 0 Å². The van der Waals surface area contributed by atoms with E-state index in [2.05, 4.69) is 20.4 Å². The molecule has 0 amide bonds. The van der Waals surface area contributed by atoms with Gasteiger partial charge in [0.05, 0.1) is 5.60 Å². The highest BCUT2D eigenvalue weighted by atomic mass is 16.3. The maximum absolute atomic E-state index is 9.78. The first kappa shape index (κ1) is 12.8. The van der Waals surface area contributed by atoms with Crippen molar-refractivity contribution in [3.63, 3.8) is 0 Å². The topological polar surface area (TPSA) is 20.2 Å². The molecule has 1 N–H and O–H groups in total. The largest absolute Gasteiger partial charge is 0.390 e. The monoisotopic (exact) mass is 210 g/mol. The van der Waals surface area contributed by atoms with Crippen LogP contribution in [0.5, 0.6) is 0 Å². The molecule has 1 rings (SSSR count). The highest BCUT2D eigenvalue weighted by Crippen LogP contribution is 2.45. The lowest BCUT2D eigenvalue weighted by Crippen LogP contribution is -2.31. The van der Waals surface area contributed by atoms with Gasteiger partial charge in [-0.05, 0) is 57.3 Å². The van der Waals surface area contributed by atoms with Crippen molar-refractivity contribution in [2.75, 3.05) is 0 Å². The van der Waals surface area contributed by atoms with Crippen LogP contribution in [-0.2, 0) is 0 Å². The van der Waals surface area contributed by atoms with Crippen LogP contribution < -0.4 is 0 Å². The van der Waals surface area contributed by atoms with Crippen molar-refractivity contribution in [1.82, 2.24) is 0 Å².